The maximum Gasteiger partial charge on any atom is 0.141 e. The van der Waals surface area contributed by atoms with E-state index in [-0.39, 0.29) is 6.61 Å². The van der Waals surface area contributed by atoms with Crippen LogP contribution in [-0.2, 0) is 19.4 Å². The number of aromatic nitrogens is 2. The molecule has 4 heteroatoms. The molecule has 1 aliphatic rings. The molecule has 0 amide bonds. The average Bonchev–Trinajstić information content (AvgIpc) is 2.79. The average molecular weight is 321 g/mol. The van der Waals surface area contributed by atoms with Gasteiger partial charge in [0.15, 0.2) is 0 Å². The van der Waals surface area contributed by atoms with Crippen molar-refractivity contribution in [1.29, 1.82) is 0 Å². The lowest BCUT2D eigenvalue weighted by Crippen LogP contribution is -2.12. The van der Waals surface area contributed by atoms with E-state index in [2.05, 4.69) is 26.6 Å². The molecule has 0 saturated carbocycles. The van der Waals surface area contributed by atoms with Gasteiger partial charge in [0, 0.05) is 35.3 Å². The van der Waals surface area contributed by atoms with E-state index in [1.807, 2.05) is 18.2 Å². The highest BCUT2D eigenvalue weighted by molar-refractivity contribution is 9.10. The van der Waals surface area contributed by atoms with Crippen molar-refractivity contribution in [3.8, 4) is 11.4 Å². The zero-order chi connectivity index (χ0) is 13.2. The van der Waals surface area contributed by atoms with Crippen LogP contribution in [0.2, 0.25) is 0 Å². The summed E-state index contributed by atoms with van der Waals surface area (Å²) in [6.45, 7) is 1.20. The van der Waals surface area contributed by atoms with Crippen LogP contribution in [0.1, 0.15) is 24.2 Å². The SMILES string of the molecule is OCCc1nc(-c2ccccc2Br)n2c1CCCC2. The summed E-state index contributed by atoms with van der Waals surface area (Å²) in [5, 5.41) is 9.20. The molecule has 1 aliphatic heterocycles. The second-order valence-electron chi connectivity index (χ2n) is 4.89. The monoisotopic (exact) mass is 320 g/mol. The normalized spacial score (nSPS) is 14.4. The van der Waals surface area contributed by atoms with Crippen molar-refractivity contribution in [1.82, 2.24) is 9.55 Å². The largest absolute Gasteiger partial charge is 0.396 e. The van der Waals surface area contributed by atoms with Gasteiger partial charge in [-0.15, -0.1) is 0 Å². The molecule has 0 spiro atoms. The predicted molar refractivity (Wildman–Crippen MR) is 79.1 cm³/mol. The molecular weight excluding hydrogens is 304 g/mol. The number of imidazole rings is 1. The lowest BCUT2D eigenvalue weighted by atomic mass is 10.1. The van der Waals surface area contributed by atoms with E-state index in [4.69, 9.17) is 4.98 Å². The van der Waals surface area contributed by atoms with E-state index < -0.39 is 0 Å². The number of hydrogen-bond donors (Lipinski definition) is 1. The number of aliphatic hydroxyl groups is 1. The molecule has 0 fully saturated rings. The first-order valence-corrected chi connectivity index (χ1v) is 7.54. The van der Waals surface area contributed by atoms with E-state index in [0.29, 0.717) is 6.42 Å². The second kappa shape index (κ2) is 5.47. The summed E-state index contributed by atoms with van der Waals surface area (Å²) in [7, 11) is 0. The number of rotatable bonds is 3. The molecule has 1 aromatic heterocycles. The molecule has 0 saturated heterocycles. The highest BCUT2D eigenvalue weighted by atomic mass is 79.9. The third-order valence-electron chi connectivity index (χ3n) is 3.66. The maximum absolute atomic E-state index is 9.20. The van der Waals surface area contributed by atoms with Gasteiger partial charge in [0.1, 0.15) is 5.82 Å². The van der Waals surface area contributed by atoms with Gasteiger partial charge < -0.3 is 9.67 Å². The molecule has 3 rings (SSSR count). The van der Waals surface area contributed by atoms with Crippen molar-refractivity contribution in [2.24, 2.45) is 0 Å². The van der Waals surface area contributed by atoms with Crippen LogP contribution in [0, 0.1) is 0 Å². The fourth-order valence-corrected chi connectivity index (χ4v) is 3.24. The summed E-state index contributed by atoms with van der Waals surface area (Å²) in [6.07, 6.45) is 4.16. The number of nitrogens with zero attached hydrogens (tertiary/aromatic N) is 2. The predicted octanol–water partition coefficient (Wildman–Crippen LogP) is 3.18. The Morgan fingerprint density at radius 1 is 1.26 bits per heavy atom. The standard InChI is InChI=1S/C15H17BrN2O/c16-12-6-2-1-5-11(12)15-17-13(8-10-19)14-7-3-4-9-18(14)15/h1-2,5-6,19H,3-4,7-10H2. The third-order valence-corrected chi connectivity index (χ3v) is 4.36. The maximum atomic E-state index is 9.20. The Bertz CT molecular complexity index is 592. The zero-order valence-electron chi connectivity index (χ0n) is 10.8. The molecule has 0 atom stereocenters. The molecule has 1 aromatic carbocycles. The van der Waals surface area contributed by atoms with Crippen molar-refractivity contribution in [3.63, 3.8) is 0 Å². The summed E-state index contributed by atoms with van der Waals surface area (Å²) in [4.78, 5) is 4.79. The van der Waals surface area contributed by atoms with Crippen LogP contribution in [0.5, 0.6) is 0 Å². The van der Waals surface area contributed by atoms with Gasteiger partial charge in [-0.1, -0.05) is 34.1 Å². The van der Waals surface area contributed by atoms with Gasteiger partial charge in [-0.05, 0) is 25.3 Å². The fraction of sp³-hybridized carbons (Fsp3) is 0.400. The van der Waals surface area contributed by atoms with Crippen LogP contribution in [0.25, 0.3) is 11.4 Å². The summed E-state index contributed by atoms with van der Waals surface area (Å²) in [5.74, 6) is 1.03. The Hall–Kier alpha value is -1.13. The van der Waals surface area contributed by atoms with Gasteiger partial charge in [0.2, 0.25) is 0 Å². The Balaban J connectivity index is 2.13. The summed E-state index contributed by atoms with van der Waals surface area (Å²) < 4.78 is 3.40. The molecule has 2 aromatic rings. The number of hydrogen-bond acceptors (Lipinski definition) is 2. The van der Waals surface area contributed by atoms with Crippen LogP contribution >= 0.6 is 15.9 Å². The minimum Gasteiger partial charge on any atom is -0.396 e. The fourth-order valence-electron chi connectivity index (χ4n) is 2.77. The lowest BCUT2D eigenvalue weighted by Gasteiger charge is -2.17. The van der Waals surface area contributed by atoms with E-state index >= 15 is 0 Å². The van der Waals surface area contributed by atoms with Crippen LogP contribution in [0.4, 0.5) is 0 Å². The molecule has 3 nitrogen and oxygen atoms in total. The number of benzene rings is 1. The second-order valence-corrected chi connectivity index (χ2v) is 5.75. The molecule has 2 heterocycles. The van der Waals surface area contributed by atoms with Crippen LogP contribution < -0.4 is 0 Å². The summed E-state index contributed by atoms with van der Waals surface area (Å²) in [5.41, 5.74) is 3.51. The zero-order valence-corrected chi connectivity index (χ0v) is 12.4. The molecule has 1 N–H and O–H groups in total. The Labute approximate surface area is 121 Å². The first-order valence-electron chi connectivity index (χ1n) is 6.75. The van der Waals surface area contributed by atoms with Gasteiger partial charge >= 0.3 is 0 Å². The topological polar surface area (TPSA) is 38.1 Å². The van der Waals surface area contributed by atoms with Gasteiger partial charge in [-0.3, -0.25) is 0 Å². The first-order chi connectivity index (χ1) is 9.31. The molecule has 0 aliphatic carbocycles. The van der Waals surface area contributed by atoms with E-state index in [9.17, 15) is 5.11 Å². The first kappa shape index (κ1) is 12.9. The Morgan fingerprint density at radius 3 is 2.89 bits per heavy atom. The number of halogens is 1. The number of aliphatic hydroxyl groups excluding tert-OH is 1. The number of fused-ring (bicyclic) bond motifs is 1. The molecular formula is C15H17BrN2O. The van der Waals surface area contributed by atoms with E-state index in [1.165, 1.54) is 18.5 Å². The Morgan fingerprint density at radius 2 is 2.11 bits per heavy atom. The lowest BCUT2D eigenvalue weighted by molar-refractivity contribution is 0.297. The van der Waals surface area contributed by atoms with Crippen molar-refractivity contribution in [3.05, 3.63) is 40.1 Å². The molecule has 0 radical (unpaired) electrons. The van der Waals surface area contributed by atoms with Gasteiger partial charge in [-0.25, -0.2) is 4.98 Å². The van der Waals surface area contributed by atoms with Gasteiger partial charge in [-0.2, -0.15) is 0 Å². The van der Waals surface area contributed by atoms with Crippen LogP contribution in [-0.4, -0.2) is 21.3 Å². The third kappa shape index (κ3) is 2.35. The minimum atomic E-state index is 0.166. The van der Waals surface area contributed by atoms with Gasteiger partial charge in [0.25, 0.3) is 0 Å². The van der Waals surface area contributed by atoms with Crippen molar-refractivity contribution in [2.75, 3.05) is 6.61 Å². The highest BCUT2D eigenvalue weighted by Crippen LogP contribution is 2.31. The summed E-state index contributed by atoms with van der Waals surface area (Å²) >= 11 is 3.61. The summed E-state index contributed by atoms with van der Waals surface area (Å²) in [6, 6.07) is 8.20. The Kier molecular flexibility index (Phi) is 3.71. The van der Waals surface area contributed by atoms with Crippen molar-refractivity contribution < 1.29 is 5.11 Å². The van der Waals surface area contributed by atoms with Crippen molar-refractivity contribution >= 4 is 15.9 Å². The smallest absolute Gasteiger partial charge is 0.141 e. The van der Waals surface area contributed by atoms with E-state index in [1.54, 1.807) is 0 Å². The quantitative estimate of drug-likeness (QED) is 0.943. The minimum absolute atomic E-state index is 0.166. The molecule has 0 unspecified atom stereocenters. The van der Waals surface area contributed by atoms with Gasteiger partial charge in [0.05, 0.1) is 5.69 Å². The van der Waals surface area contributed by atoms with Crippen molar-refractivity contribution in [2.45, 2.75) is 32.2 Å². The highest BCUT2D eigenvalue weighted by Gasteiger charge is 2.21. The molecule has 19 heavy (non-hydrogen) atoms. The molecule has 0 bridgehead atoms. The molecule has 100 valence electrons. The van der Waals surface area contributed by atoms with E-state index in [0.717, 1.165) is 34.5 Å². The van der Waals surface area contributed by atoms with Crippen LogP contribution in [0.15, 0.2) is 28.7 Å². The van der Waals surface area contributed by atoms with Crippen LogP contribution in [0.3, 0.4) is 0 Å².